The highest BCUT2D eigenvalue weighted by Gasteiger charge is 2.30. The van der Waals surface area contributed by atoms with Crippen LogP contribution in [0.4, 0.5) is 0 Å². The van der Waals surface area contributed by atoms with Gasteiger partial charge in [-0.2, -0.15) is 0 Å². The average molecular weight is 266 g/mol. The van der Waals surface area contributed by atoms with Gasteiger partial charge >= 0.3 is 0 Å². The van der Waals surface area contributed by atoms with Gasteiger partial charge in [-0.05, 0) is 45.2 Å². The van der Waals surface area contributed by atoms with Gasteiger partial charge in [-0.25, -0.2) is 0 Å². The van der Waals surface area contributed by atoms with Crippen molar-refractivity contribution in [2.45, 2.75) is 57.0 Å². The fraction of sp³-hybridized carbons (Fsp3) is 0.867. The topological polar surface area (TPSA) is 58.2 Å². The van der Waals surface area contributed by atoms with Gasteiger partial charge in [-0.1, -0.05) is 12.8 Å². The summed E-state index contributed by atoms with van der Waals surface area (Å²) in [6.07, 6.45) is 9.71. The number of carbonyl (C=O) groups is 2. The van der Waals surface area contributed by atoms with Crippen molar-refractivity contribution in [3.05, 3.63) is 0 Å². The van der Waals surface area contributed by atoms with Gasteiger partial charge in [0.05, 0.1) is 0 Å². The van der Waals surface area contributed by atoms with Crippen LogP contribution in [0, 0.1) is 11.8 Å². The first-order valence-electron chi connectivity index (χ1n) is 7.72. The number of hydrogen-bond acceptors (Lipinski definition) is 4. The van der Waals surface area contributed by atoms with E-state index in [9.17, 15) is 9.59 Å². The van der Waals surface area contributed by atoms with E-state index in [2.05, 4.69) is 10.6 Å². The van der Waals surface area contributed by atoms with E-state index in [4.69, 9.17) is 0 Å². The van der Waals surface area contributed by atoms with Crippen molar-refractivity contribution in [1.82, 2.24) is 10.6 Å². The van der Waals surface area contributed by atoms with E-state index in [0.717, 1.165) is 38.5 Å². The molecule has 2 aliphatic rings. The maximum absolute atomic E-state index is 11.4. The lowest BCUT2D eigenvalue weighted by Gasteiger charge is -2.33. The molecular weight excluding hydrogens is 240 g/mol. The maximum atomic E-state index is 11.4. The third kappa shape index (κ3) is 4.11. The van der Waals surface area contributed by atoms with Crippen molar-refractivity contribution in [3.8, 4) is 0 Å². The van der Waals surface area contributed by atoms with E-state index in [1.54, 1.807) is 0 Å². The molecule has 19 heavy (non-hydrogen) atoms. The van der Waals surface area contributed by atoms with E-state index in [0.29, 0.717) is 6.42 Å². The highest BCUT2D eigenvalue weighted by molar-refractivity contribution is 5.59. The molecule has 2 rings (SSSR count). The molecule has 0 aromatic rings. The van der Waals surface area contributed by atoms with Gasteiger partial charge in [0.2, 0.25) is 0 Å². The van der Waals surface area contributed by atoms with Crippen LogP contribution in [-0.2, 0) is 9.59 Å². The SMILES string of the molecule is O=C[C@@H](C[C@H](C=O)[C@H]1CCCCN1)[C@@H]1CCCCN1. The molecule has 0 unspecified atom stereocenters. The van der Waals surface area contributed by atoms with Crippen molar-refractivity contribution < 1.29 is 9.59 Å². The predicted molar refractivity (Wildman–Crippen MR) is 75.0 cm³/mol. The molecule has 108 valence electrons. The summed E-state index contributed by atoms with van der Waals surface area (Å²) in [6.45, 7) is 2.00. The van der Waals surface area contributed by atoms with Crippen LogP contribution in [0.3, 0.4) is 0 Å². The molecule has 0 bridgehead atoms. The summed E-state index contributed by atoms with van der Waals surface area (Å²) in [7, 11) is 0. The second-order valence-corrected chi connectivity index (χ2v) is 5.95. The largest absolute Gasteiger partial charge is 0.313 e. The Morgan fingerprint density at radius 2 is 1.32 bits per heavy atom. The van der Waals surface area contributed by atoms with E-state index in [1.807, 2.05) is 0 Å². The van der Waals surface area contributed by atoms with Gasteiger partial charge in [0.1, 0.15) is 12.6 Å². The first-order valence-corrected chi connectivity index (χ1v) is 7.72. The zero-order valence-electron chi connectivity index (χ0n) is 11.6. The Balaban J connectivity index is 1.90. The predicted octanol–water partition coefficient (Wildman–Crippen LogP) is 1.29. The summed E-state index contributed by atoms with van der Waals surface area (Å²) < 4.78 is 0. The number of piperidine rings is 2. The third-order valence-electron chi connectivity index (χ3n) is 4.62. The van der Waals surface area contributed by atoms with Gasteiger partial charge in [-0.15, -0.1) is 0 Å². The Hall–Kier alpha value is -0.740. The number of hydrogen-bond donors (Lipinski definition) is 2. The second kappa shape index (κ2) is 7.75. The quantitative estimate of drug-likeness (QED) is 0.711. The van der Waals surface area contributed by atoms with Gasteiger partial charge in [0.15, 0.2) is 0 Å². The van der Waals surface area contributed by atoms with Crippen molar-refractivity contribution in [3.63, 3.8) is 0 Å². The van der Waals surface area contributed by atoms with Crippen molar-refractivity contribution in [1.29, 1.82) is 0 Å². The van der Waals surface area contributed by atoms with Crippen LogP contribution in [0.5, 0.6) is 0 Å². The average Bonchev–Trinajstić information content (AvgIpc) is 2.50. The van der Waals surface area contributed by atoms with Crippen molar-refractivity contribution in [2.24, 2.45) is 11.8 Å². The van der Waals surface area contributed by atoms with Crippen LogP contribution in [0.25, 0.3) is 0 Å². The summed E-state index contributed by atoms with van der Waals surface area (Å²) in [6, 6.07) is 0.551. The van der Waals surface area contributed by atoms with Crippen LogP contribution in [0.2, 0.25) is 0 Å². The Labute approximate surface area is 115 Å². The minimum atomic E-state index is -0.0146. The number of carbonyl (C=O) groups excluding carboxylic acids is 2. The fourth-order valence-electron chi connectivity index (χ4n) is 3.43. The number of rotatable bonds is 6. The van der Waals surface area contributed by atoms with Crippen LogP contribution < -0.4 is 10.6 Å². The van der Waals surface area contributed by atoms with E-state index >= 15 is 0 Å². The molecule has 4 heteroatoms. The summed E-state index contributed by atoms with van der Waals surface area (Å²) in [4.78, 5) is 22.7. The van der Waals surface area contributed by atoms with Crippen LogP contribution in [0.15, 0.2) is 0 Å². The molecule has 4 nitrogen and oxygen atoms in total. The molecule has 0 aliphatic carbocycles. The summed E-state index contributed by atoms with van der Waals surface area (Å²) >= 11 is 0. The molecule has 2 heterocycles. The molecule has 0 spiro atoms. The molecule has 2 fully saturated rings. The lowest BCUT2D eigenvalue weighted by molar-refractivity contribution is -0.115. The Kier molecular flexibility index (Phi) is 5.98. The highest BCUT2D eigenvalue weighted by atomic mass is 16.1. The Morgan fingerprint density at radius 1 is 0.842 bits per heavy atom. The molecule has 0 aromatic heterocycles. The molecule has 2 saturated heterocycles. The first-order chi connectivity index (χ1) is 9.35. The molecule has 4 atom stereocenters. The highest BCUT2D eigenvalue weighted by Crippen LogP contribution is 2.24. The lowest BCUT2D eigenvalue weighted by Crippen LogP contribution is -2.45. The Bertz CT molecular complexity index is 256. The minimum Gasteiger partial charge on any atom is -0.313 e. The lowest BCUT2D eigenvalue weighted by atomic mass is 9.81. The van der Waals surface area contributed by atoms with Crippen molar-refractivity contribution >= 4 is 12.6 Å². The first kappa shape index (κ1) is 14.7. The Morgan fingerprint density at radius 3 is 1.63 bits per heavy atom. The molecule has 0 amide bonds. The zero-order valence-corrected chi connectivity index (χ0v) is 11.6. The van der Waals surface area contributed by atoms with Gasteiger partial charge < -0.3 is 20.2 Å². The summed E-state index contributed by atoms with van der Waals surface area (Å²) in [5, 5.41) is 6.87. The number of nitrogens with one attached hydrogen (secondary N) is 2. The summed E-state index contributed by atoms with van der Waals surface area (Å²) in [5.74, 6) is -0.0292. The fourth-order valence-corrected chi connectivity index (χ4v) is 3.43. The smallest absolute Gasteiger partial charge is 0.124 e. The molecule has 0 radical (unpaired) electrons. The molecule has 0 saturated carbocycles. The van der Waals surface area contributed by atoms with Crippen LogP contribution in [-0.4, -0.2) is 37.7 Å². The van der Waals surface area contributed by atoms with Gasteiger partial charge in [0.25, 0.3) is 0 Å². The standard InChI is InChI=1S/C15H26N2O2/c18-10-12(14-5-1-3-7-16-14)9-13(11-19)15-6-2-4-8-17-15/h10-17H,1-9H2/t12-,13-,14-,15+/m1/s1. The van der Waals surface area contributed by atoms with Crippen molar-refractivity contribution in [2.75, 3.05) is 13.1 Å². The monoisotopic (exact) mass is 266 g/mol. The normalized spacial score (nSPS) is 31.4. The van der Waals surface area contributed by atoms with E-state index in [-0.39, 0.29) is 23.9 Å². The van der Waals surface area contributed by atoms with Gasteiger partial charge in [-0.3, -0.25) is 0 Å². The van der Waals surface area contributed by atoms with E-state index in [1.165, 1.54) is 25.7 Å². The maximum Gasteiger partial charge on any atom is 0.124 e. The summed E-state index contributed by atoms with van der Waals surface area (Å²) in [5.41, 5.74) is 0. The minimum absolute atomic E-state index is 0.0146. The van der Waals surface area contributed by atoms with Gasteiger partial charge in [0, 0.05) is 23.9 Å². The van der Waals surface area contributed by atoms with Crippen LogP contribution >= 0.6 is 0 Å². The number of aldehydes is 2. The van der Waals surface area contributed by atoms with Crippen LogP contribution in [0.1, 0.15) is 44.9 Å². The third-order valence-corrected chi connectivity index (χ3v) is 4.62. The molecule has 0 aromatic carbocycles. The molecule has 2 N–H and O–H groups in total. The van der Waals surface area contributed by atoms with E-state index < -0.39 is 0 Å². The zero-order chi connectivity index (χ0) is 13.5. The molecule has 2 aliphatic heterocycles. The molecular formula is C15H26N2O2. The second-order valence-electron chi connectivity index (χ2n) is 5.95.